The maximum absolute atomic E-state index is 13.8. The van der Waals surface area contributed by atoms with Crippen molar-refractivity contribution in [1.29, 1.82) is 5.26 Å². The van der Waals surface area contributed by atoms with E-state index in [4.69, 9.17) is 5.26 Å². The number of nitrogens with zero attached hydrogens (tertiary/aromatic N) is 1. The molecular formula is C15H10FNOS. The molecule has 0 aliphatic carbocycles. The first-order chi connectivity index (χ1) is 9.24. The number of nitriles is 1. The van der Waals surface area contributed by atoms with E-state index in [2.05, 4.69) is 0 Å². The van der Waals surface area contributed by atoms with Gasteiger partial charge in [-0.05, 0) is 23.8 Å². The summed E-state index contributed by atoms with van der Waals surface area (Å²) in [7, 11) is 0. The summed E-state index contributed by atoms with van der Waals surface area (Å²) >= 11 is 1.46. The van der Waals surface area contributed by atoms with E-state index in [1.807, 2.05) is 18.2 Å². The molecule has 0 amide bonds. The Morgan fingerprint density at radius 2 is 1.95 bits per heavy atom. The Kier molecular flexibility index (Phi) is 4.32. The fourth-order valence-electron chi connectivity index (χ4n) is 1.58. The molecule has 0 heterocycles. The molecular weight excluding hydrogens is 261 g/mol. The van der Waals surface area contributed by atoms with Gasteiger partial charge < -0.3 is 0 Å². The van der Waals surface area contributed by atoms with E-state index in [1.54, 1.807) is 24.3 Å². The van der Waals surface area contributed by atoms with Gasteiger partial charge in [-0.15, -0.1) is 11.8 Å². The molecule has 0 aliphatic rings. The zero-order valence-electron chi connectivity index (χ0n) is 9.97. The second-order valence-corrected chi connectivity index (χ2v) is 4.91. The summed E-state index contributed by atoms with van der Waals surface area (Å²) in [5, 5.41) is 8.76. The normalized spacial score (nSPS) is 9.89. The average molecular weight is 271 g/mol. The van der Waals surface area contributed by atoms with Crippen LogP contribution in [0.4, 0.5) is 4.39 Å². The van der Waals surface area contributed by atoms with E-state index < -0.39 is 5.82 Å². The van der Waals surface area contributed by atoms with Crippen LogP contribution in [0.15, 0.2) is 47.4 Å². The fourth-order valence-corrected chi connectivity index (χ4v) is 2.45. The lowest BCUT2D eigenvalue weighted by Gasteiger charge is -2.04. The highest BCUT2D eigenvalue weighted by molar-refractivity contribution is 7.98. The van der Waals surface area contributed by atoms with Crippen molar-refractivity contribution in [1.82, 2.24) is 0 Å². The van der Waals surface area contributed by atoms with Crippen LogP contribution in [0.5, 0.6) is 0 Å². The van der Waals surface area contributed by atoms with Crippen LogP contribution >= 0.6 is 11.8 Å². The first-order valence-electron chi connectivity index (χ1n) is 5.60. The highest BCUT2D eigenvalue weighted by Crippen LogP contribution is 2.25. The number of hydrogen-bond acceptors (Lipinski definition) is 3. The number of aldehydes is 1. The Labute approximate surface area is 114 Å². The van der Waals surface area contributed by atoms with Crippen LogP contribution in [0.3, 0.4) is 0 Å². The Bertz CT molecular complexity index is 632. The van der Waals surface area contributed by atoms with Gasteiger partial charge in [0.1, 0.15) is 18.2 Å². The van der Waals surface area contributed by atoms with Gasteiger partial charge in [0.05, 0.1) is 5.56 Å². The molecule has 0 saturated heterocycles. The summed E-state index contributed by atoms with van der Waals surface area (Å²) in [6.07, 6.45) is 0.782. The maximum atomic E-state index is 13.8. The van der Waals surface area contributed by atoms with Crippen molar-refractivity contribution in [3.8, 4) is 6.07 Å². The average Bonchev–Trinajstić information content (AvgIpc) is 2.47. The molecule has 0 aromatic heterocycles. The molecule has 2 rings (SSSR count). The Morgan fingerprint density at radius 3 is 2.58 bits per heavy atom. The molecule has 0 saturated carbocycles. The van der Waals surface area contributed by atoms with E-state index in [-0.39, 0.29) is 5.56 Å². The minimum Gasteiger partial charge on any atom is -0.298 e. The third kappa shape index (κ3) is 3.21. The summed E-state index contributed by atoms with van der Waals surface area (Å²) in [5.41, 5.74) is 1.18. The lowest BCUT2D eigenvalue weighted by Crippen LogP contribution is -1.91. The number of benzene rings is 2. The fraction of sp³-hybridized carbons (Fsp3) is 0.0667. The van der Waals surface area contributed by atoms with E-state index in [0.717, 1.165) is 11.2 Å². The second-order valence-electron chi connectivity index (χ2n) is 3.87. The number of rotatable bonds is 4. The molecule has 0 N–H and O–H groups in total. The van der Waals surface area contributed by atoms with Gasteiger partial charge in [0, 0.05) is 16.2 Å². The summed E-state index contributed by atoms with van der Waals surface area (Å²) < 4.78 is 13.8. The monoisotopic (exact) mass is 271 g/mol. The Morgan fingerprint density at radius 1 is 1.21 bits per heavy atom. The topological polar surface area (TPSA) is 40.9 Å². The van der Waals surface area contributed by atoms with Crippen LogP contribution in [0, 0.1) is 17.1 Å². The minimum absolute atomic E-state index is 0.0643. The molecule has 0 unspecified atom stereocenters. The van der Waals surface area contributed by atoms with E-state index in [1.165, 1.54) is 17.8 Å². The second kappa shape index (κ2) is 6.17. The van der Waals surface area contributed by atoms with Crippen LogP contribution in [-0.4, -0.2) is 6.29 Å². The van der Waals surface area contributed by atoms with Gasteiger partial charge in [-0.3, -0.25) is 4.79 Å². The largest absolute Gasteiger partial charge is 0.298 e. The van der Waals surface area contributed by atoms with Crippen LogP contribution in [0.2, 0.25) is 0 Å². The molecule has 19 heavy (non-hydrogen) atoms. The molecule has 0 spiro atoms. The number of carbonyl (C=O) groups is 1. The maximum Gasteiger partial charge on any atom is 0.150 e. The minimum atomic E-state index is -0.456. The molecule has 4 heteroatoms. The zero-order chi connectivity index (χ0) is 13.7. The standard InChI is InChI=1S/C15H10FNOS/c16-15-12(8-17)2-1-3-13(15)10-19-14-6-4-11(9-18)5-7-14/h1-7,9H,10H2. The Hall–Kier alpha value is -2.12. The van der Waals surface area contributed by atoms with Crippen LogP contribution in [-0.2, 0) is 5.75 Å². The van der Waals surface area contributed by atoms with Crippen molar-refractivity contribution in [2.75, 3.05) is 0 Å². The van der Waals surface area contributed by atoms with E-state index in [9.17, 15) is 9.18 Å². The lowest BCUT2D eigenvalue weighted by molar-refractivity contribution is 0.112. The van der Waals surface area contributed by atoms with Crippen molar-refractivity contribution in [3.05, 3.63) is 65.0 Å². The van der Waals surface area contributed by atoms with Crippen molar-refractivity contribution in [3.63, 3.8) is 0 Å². The predicted octanol–water partition coefficient (Wildman–Crippen LogP) is 3.80. The molecule has 2 aromatic rings. The van der Waals surface area contributed by atoms with E-state index >= 15 is 0 Å². The molecule has 0 fully saturated rings. The van der Waals surface area contributed by atoms with Gasteiger partial charge in [0.15, 0.2) is 0 Å². The summed E-state index contributed by atoms with van der Waals surface area (Å²) in [4.78, 5) is 11.5. The van der Waals surface area contributed by atoms with Gasteiger partial charge in [0.2, 0.25) is 0 Å². The molecule has 94 valence electrons. The number of thioether (sulfide) groups is 1. The molecule has 0 atom stereocenters. The van der Waals surface area contributed by atoms with Crippen molar-refractivity contribution < 1.29 is 9.18 Å². The van der Waals surface area contributed by atoms with Crippen LogP contribution in [0.1, 0.15) is 21.5 Å². The van der Waals surface area contributed by atoms with Gasteiger partial charge >= 0.3 is 0 Å². The highest BCUT2D eigenvalue weighted by Gasteiger charge is 2.07. The summed E-state index contributed by atoms with van der Waals surface area (Å²) in [6.45, 7) is 0. The zero-order valence-corrected chi connectivity index (χ0v) is 10.8. The molecule has 2 aromatic carbocycles. The number of hydrogen-bond donors (Lipinski definition) is 0. The van der Waals surface area contributed by atoms with Gasteiger partial charge in [0.25, 0.3) is 0 Å². The predicted molar refractivity (Wildman–Crippen MR) is 72.5 cm³/mol. The van der Waals surface area contributed by atoms with Gasteiger partial charge in [-0.2, -0.15) is 5.26 Å². The number of halogens is 1. The van der Waals surface area contributed by atoms with Crippen molar-refractivity contribution in [2.24, 2.45) is 0 Å². The van der Waals surface area contributed by atoms with Crippen LogP contribution < -0.4 is 0 Å². The summed E-state index contributed by atoms with van der Waals surface area (Å²) in [6, 6.07) is 13.7. The molecule has 0 aliphatic heterocycles. The third-order valence-corrected chi connectivity index (χ3v) is 3.67. The van der Waals surface area contributed by atoms with E-state index in [0.29, 0.717) is 16.9 Å². The smallest absolute Gasteiger partial charge is 0.150 e. The summed E-state index contributed by atoms with van der Waals surface area (Å²) in [5.74, 6) is -0.0103. The van der Waals surface area contributed by atoms with Gasteiger partial charge in [-0.1, -0.05) is 24.3 Å². The highest BCUT2D eigenvalue weighted by atomic mass is 32.2. The first kappa shape index (κ1) is 13.3. The first-order valence-corrected chi connectivity index (χ1v) is 6.58. The van der Waals surface area contributed by atoms with Crippen molar-refractivity contribution >= 4 is 18.0 Å². The molecule has 0 bridgehead atoms. The lowest BCUT2D eigenvalue weighted by atomic mass is 10.1. The quantitative estimate of drug-likeness (QED) is 0.627. The number of carbonyl (C=O) groups excluding carboxylic acids is 1. The SMILES string of the molecule is N#Cc1cccc(CSc2ccc(C=O)cc2)c1F. The third-order valence-electron chi connectivity index (χ3n) is 2.61. The van der Waals surface area contributed by atoms with Crippen LogP contribution in [0.25, 0.3) is 0 Å². The molecule has 0 radical (unpaired) electrons. The van der Waals surface area contributed by atoms with Gasteiger partial charge in [-0.25, -0.2) is 4.39 Å². The molecule has 2 nitrogen and oxygen atoms in total. The van der Waals surface area contributed by atoms with Crippen molar-refractivity contribution in [2.45, 2.75) is 10.6 Å². The Balaban J connectivity index is 2.10.